The monoisotopic (exact) mass is 276 g/mol. The number of aryl methyl sites for hydroxylation is 1. The highest BCUT2D eigenvalue weighted by molar-refractivity contribution is 6.30. The third-order valence-corrected chi connectivity index (χ3v) is 2.64. The van der Waals surface area contributed by atoms with Crippen LogP contribution in [0.1, 0.15) is 11.4 Å². The molecule has 90 valence electrons. The number of hydrogen-bond acceptors (Lipinski definition) is 1. The van der Waals surface area contributed by atoms with Crippen LogP contribution in [-0.2, 0) is 5.38 Å². The second kappa shape index (κ2) is 4.27. The third-order valence-electron chi connectivity index (χ3n) is 2.19. The van der Waals surface area contributed by atoms with Crippen LogP contribution in [0.15, 0.2) is 30.3 Å². The minimum absolute atomic E-state index is 0.362. The minimum atomic E-state index is -3.46. The van der Waals surface area contributed by atoms with Gasteiger partial charge in [0.05, 0.1) is 11.4 Å². The summed E-state index contributed by atoms with van der Waals surface area (Å²) in [6.07, 6.45) is 0. The molecule has 0 saturated carbocycles. The second-order valence-electron chi connectivity index (χ2n) is 3.56. The number of rotatable bonds is 2. The molecule has 2 aromatic rings. The second-order valence-corrected chi connectivity index (χ2v) is 4.47. The zero-order chi connectivity index (χ0) is 12.6. The average Bonchev–Trinajstić information content (AvgIpc) is 2.61. The number of halogens is 4. The van der Waals surface area contributed by atoms with E-state index >= 15 is 0 Å². The molecule has 1 aromatic carbocycles. The zero-order valence-corrected chi connectivity index (χ0v) is 10.3. The standard InChI is InChI=1S/C11H8Cl2F2N2/c1-7-6-10(11(13,14)15)17(16-7)9-4-2-8(12)3-5-9/h2-6H,1H3. The van der Waals surface area contributed by atoms with Gasteiger partial charge in [-0.1, -0.05) is 11.6 Å². The molecule has 6 heteroatoms. The van der Waals surface area contributed by atoms with Crippen molar-refractivity contribution in [3.05, 3.63) is 46.7 Å². The Morgan fingerprint density at radius 2 is 1.82 bits per heavy atom. The van der Waals surface area contributed by atoms with Crippen LogP contribution >= 0.6 is 23.2 Å². The molecule has 1 aromatic heterocycles. The zero-order valence-electron chi connectivity index (χ0n) is 8.79. The van der Waals surface area contributed by atoms with Crippen molar-refractivity contribution in [2.45, 2.75) is 12.3 Å². The summed E-state index contributed by atoms with van der Waals surface area (Å²) in [6, 6.07) is 7.65. The summed E-state index contributed by atoms with van der Waals surface area (Å²) in [6.45, 7) is 1.62. The number of nitrogens with zero attached hydrogens (tertiary/aromatic N) is 2. The van der Waals surface area contributed by atoms with E-state index in [-0.39, 0.29) is 5.69 Å². The molecule has 0 aliphatic rings. The molecule has 0 spiro atoms. The molecular weight excluding hydrogens is 269 g/mol. The van der Waals surface area contributed by atoms with Crippen LogP contribution in [0.25, 0.3) is 5.69 Å². The van der Waals surface area contributed by atoms with Gasteiger partial charge in [-0.25, -0.2) is 4.68 Å². The number of alkyl halides is 3. The van der Waals surface area contributed by atoms with Gasteiger partial charge in [0.15, 0.2) is 0 Å². The van der Waals surface area contributed by atoms with Crippen LogP contribution in [-0.4, -0.2) is 9.78 Å². The van der Waals surface area contributed by atoms with Crippen molar-refractivity contribution in [2.24, 2.45) is 0 Å². The first-order valence-electron chi connectivity index (χ1n) is 4.78. The minimum Gasteiger partial charge on any atom is -0.230 e. The van der Waals surface area contributed by atoms with E-state index in [1.807, 2.05) is 0 Å². The number of benzene rings is 1. The predicted octanol–water partition coefficient (Wildman–Crippen LogP) is 4.12. The van der Waals surface area contributed by atoms with Gasteiger partial charge in [-0.2, -0.15) is 13.9 Å². The highest BCUT2D eigenvalue weighted by Gasteiger charge is 2.33. The molecule has 0 unspecified atom stereocenters. The molecule has 0 N–H and O–H groups in total. The maximum absolute atomic E-state index is 13.2. The maximum Gasteiger partial charge on any atom is 0.364 e. The molecule has 0 atom stereocenters. The van der Waals surface area contributed by atoms with Gasteiger partial charge in [0, 0.05) is 5.02 Å². The van der Waals surface area contributed by atoms with E-state index in [4.69, 9.17) is 23.2 Å². The molecule has 2 nitrogen and oxygen atoms in total. The summed E-state index contributed by atoms with van der Waals surface area (Å²) in [5.74, 6) is 0. The van der Waals surface area contributed by atoms with Gasteiger partial charge in [-0.3, -0.25) is 0 Å². The Kier molecular flexibility index (Phi) is 3.10. The lowest BCUT2D eigenvalue weighted by atomic mass is 10.3. The molecule has 0 saturated heterocycles. The van der Waals surface area contributed by atoms with Gasteiger partial charge in [0.25, 0.3) is 0 Å². The SMILES string of the molecule is Cc1cc(C(F)(F)Cl)n(-c2ccc(Cl)cc2)n1. The van der Waals surface area contributed by atoms with Crippen molar-refractivity contribution >= 4 is 23.2 Å². The first kappa shape index (κ1) is 12.3. The van der Waals surface area contributed by atoms with E-state index in [0.29, 0.717) is 16.4 Å². The van der Waals surface area contributed by atoms with Crippen LogP contribution in [0.3, 0.4) is 0 Å². The molecule has 1 heterocycles. The molecule has 0 fully saturated rings. The fourth-order valence-electron chi connectivity index (χ4n) is 1.48. The van der Waals surface area contributed by atoms with Gasteiger partial charge in [0.1, 0.15) is 5.69 Å². The lowest BCUT2D eigenvalue weighted by molar-refractivity contribution is 0.0870. The lowest BCUT2D eigenvalue weighted by Gasteiger charge is -2.11. The molecule has 0 radical (unpaired) electrons. The number of hydrogen-bond donors (Lipinski definition) is 0. The largest absolute Gasteiger partial charge is 0.364 e. The van der Waals surface area contributed by atoms with Crippen molar-refractivity contribution in [3.63, 3.8) is 0 Å². The van der Waals surface area contributed by atoms with E-state index in [2.05, 4.69) is 5.10 Å². The fourth-order valence-corrected chi connectivity index (χ4v) is 1.74. The van der Waals surface area contributed by atoms with Gasteiger partial charge in [-0.15, -0.1) is 0 Å². The van der Waals surface area contributed by atoms with Crippen molar-refractivity contribution in [1.29, 1.82) is 0 Å². The van der Waals surface area contributed by atoms with Gasteiger partial charge >= 0.3 is 5.38 Å². The van der Waals surface area contributed by atoms with E-state index in [9.17, 15) is 8.78 Å². The summed E-state index contributed by atoms with van der Waals surface area (Å²) in [5, 5.41) is 1.05. The molecule has 0 aliphatic carbocycles. The third kappa shape index (κ3) is 2.58. The Morgan fingerprint density at radius 3 is 2.35 bits per heavy atom. The summed E-state index contributed by atoms with van der Waals surface area (Å²) in [4.78, 5) is 0. The van der Waals surface area contributed by atoms with Crippen molar-refractivity contribution in [1.82, 2.24) is 9.78 Å². The molecule has 0 aliphatic heterocycles. The normalized spacial score (nSPS) is 11.8. The molecule has 0 bridgehead atoms. The Morgan fingerprint density at radius 1 is 1.24 bits per heavy atom. The Labute approximate surface area is 107 Å². The summed E-state index contributed by atoms with van der Waals surface area (Å²) in [7, 11) is 0. The first-order valence-corrected chi connectivity index (χ1v) is 5.53. The van der Waals surface area contributed by atoms with Crippen LogP contribution < -0.4 is 0 Å². The summed E-state index contributed by atoms with van der Waals surface area (Å²) >= 11 is 10.8. The highest BCUT2D eigenvalue weighted by Crippen LogP contribution is 2.34. The van der Waals surface area contributed by atoms with Gasteiger partial charge < -0.3 is 0 Å². The fraction of sp³-hybridized carbons (Fsp3) is 0.182. The van der Waals surface area contributed by atoms with E-state index in [1.165, 1.54) is 6.07 Å². The van der Waals surface area contributed by atoms with Crippen LogP contribution in [0, 0.1) is 6.92 Å². The van der Waals surface area contributed by atoms with Crippen molar-refractivity contribution in [3.8, 4) is 5.69 Å². The molecule has 0 amide bonds. The first-order chi connectivity index (χ1) is 7.88. The lowest BCUT2D eigenvalue weighted by Crippen LogP contribution is -2.12. The van der Waals surface area contributed by atoms with Crippen LogP contribution in [0.4, 0.5) is 8.78 Å². The predicted molar refractivity (Wildman–Crippen MR) is 63.1 cm³/mol. The van der Waals surface area contributed by atoms with Crippen molar-refractivity contribution in [2.75, 3.05) is 0 Å². The van der Waals surface area contributed by atoms with E-state index in [0.717, 1.165) is 4.68 Å². The highest BCUT2D eigenvalue weighted by atomic mass is 35.5. The number of aromatic nitrogens is 2. The Hall–Kier alpha value is -1.13. The molecule has 17 heavy (non-hydrogen) atoms. The summed E-state index contributed by atoms with van der Waals surface area (Å²) < 4.78 is 27.5. The van der Waals surface area contributed by atoms with Gasteiger partial charge in [-0.05, 0) is 48.9 Å². The smallest absolute Gasteiger partial charge is 0.230 e. The molecule has 2 rings (SSSR count). The Bertz CT molecular complexity index is 529. The van der Waals surface area contributed by atoms with Gasteiger partial charge in [0.2, 0.25) is 0 Å². The topological polar surface area (TPSA) is 17.8 Å². The summed E-state index contributed by atoms with van der Waals surface area (Å²) in [5.41, 5.74) is 0.590. The maximum atomic E-state index is 13.2. The quantitative estimate of drug-likeness (QED) is 0.755. The average molecular weight is 277 g/mol. The van der Waals surface area contributed by atoms with Crippen LogP contribution in [0.5, 0.6) is 0 Å². The van der Waals surface area contributed by atoms with Crippen molar-refractivity contribution < 1.29 is 8.78 Å². The Balaban J connectivity index is 2.55. The van der Waals surface area contributed by atoms with Crippen LogP contribution in [0.2, 0.25) is 5.02 Å². The molecular formula is C11H8Cl2F2N2. The van der Waals surface area contributed by atoms with E-state index < -0.39 is 5.38 Å². The van der Waals surface area contributed by atoms with E-state index in [1.54, 1.807) is 31.2 Å².